The first-order chi connectivity index (χ1) is 8.65. The molecule has 0 spiro atoms. The molecule has 3 heterocycles. The first kappa shape index (κ1) is 12.8. The predicted octanol–water partition coefficient (Wildman–Crippen LogP) is -0.666. The zero-order valence-electron chi connectivity index (χ0n) is 11.3. The third-order valence-electron chi connectivity index (χ3n) is 4.72. The van der Waals surface area contributed by atoms with Gasteiger partial charge in [0.25, 0.3) is 0 Å². The summed E-state index contributed by atoms with van der Waals surface area (Å²) in [5, 5.41) is 6.98. The van der Waals surface area contributed by atoms with Gasteiger partial charge in [0.05, 0.1) is 24.4 Å². The van der Waals surface area contributed by atoms with Gasteiger partial charge in [-0.15, -0.1) is 0 Å². The zero-order chi connectivity index (χ0) is 12.6. The maximum Gasteiger partial charge on any atom is 0.0755 e. The lowest BCUT2D eigenvalue weighted by Crippen LogP contribution is -2.68. The highest BCUT2D eigenvalue weighted by molar-refractivity contribution is 4.97. The number of hydrogen-bond donors (Lipinski definition) is 3. The van der Waals surface area contributed by atoms with Crippen molar-refractivity contribution in [3.63, 3.8) is 0 Å². The van der Waals surface area contributed by atoms with E-state index in [0.29, 0.717) is 12.1 Å². The highest BCUT2D eigenvalue weighted by atomic mass is 16.5. The van der Waals surface area contributed by atoms with Crippen LogP contribution in [0, 0.1) is 5.92 Å². The Morgan fingerprint density at radius 2 is 2.11 bits per heavy atom. The molecular weight excluding hydrogens is 228 g/mol. The molecule has 0 aliphatic carbocycles. The van der Waals surface area contributed by atoms with E-state index in [1.807, 2.05) is 0 Å². The first-order valence-electron chi connectivity index (χ1n) is 7.22. The summed E-state index contributed by atoms with van der Waals surface area (Å²) in [5.41, 5.74) is 6.30. The highest BCUT2D eigenvalue weighted by Gasteiger charge is 2.40. The average Bonchev–Trinajstić information content (AvgIpc) is 2.28. The average molecular weight is 254 g/mol. The number of likely N-dealkylation sites (tertiary alicyclic amines) is 1. The molecule has 4 N–H and O–H groups in total. The molecule has 0 radical (unpaired) electrons. The van der Waals surface area contributed by atoms with Gasteiger partial charge in [0, 0.05) is 13.1 Å². The maximum atomic E-state index is 6.47. The van der Waals surface area contributed by atoms with Crippen molar-refractivity contribution < 1.29 is 4.74 Å². The lowest BCUT2D eigenvalue weighted by atomic mass is 9.88. The summed E-state index contributed by atoms with van der Waals surface area (Å²) in [7, 11) is 2.17. The molecule has 0 amide bonds. The van der Waals surface area contributed by atoms with E-state index in [4.69, 9.17) is 10.5 Å². The summed E-state index contributed by atoms with van der Waals surface area (Å²) in [6.07, 6.45) is 3.65. The molecule has 2 unspecified atom stereocenters. The second-order valence-electron chi connectivity index (χ2n) is 6.34. The van der Waals surface area contributed by atoms with Crippen LogP contribution in [0.25, 0.3) is 0 Å². The Labute approximate surface area is 109 Å². The van der Waals surface area contributed by atoms with Gasteiger partial charge in [-0.05, 0) is 45.3 Å². The third kappa shape index (κ3) is 2.70. The highest BCUT2D eigenvalue weighted by Crippen LogP contribution is 2.26. The number of piperidine rings is 1. The number of nitrogens with zero attached hydrogens (tertiary/aromatic N) is 1. The fraction of sp³-hybridized carbons (Fsp3) is 1.00. The normalized spacial score (nSPS) is 37.0. The van der Waals surface area contributed by atoms with E-state index in [0.717, 1.165) is 51.5 Å². The smallest absolute Gasteiger partial charge is 0.0755 e. The number of hydrogen-bond acceptors (Lipinski definition) is 5. The summed E-state index contributed by atoms with van der Waals surface area (Å²) in [6, 6.07) is 0.471. The molecule has 3 rings (SSSR count). The second-order valence-corrected chi connectivity index (χ2v) is 6.34. The fourth-order valence-electron chi connectivity index (χ4n) is 3.07. The molecule has 0 bridgehead atoms. The monoisotopic (exact) mass is 254 g/mol. The molecule has 0 aromatic rings. The summed E-state index contributed by atoms with van der Waals surface area (Å²) < 4.78 is 5.70. The topological polar surface area (TPSA) is 62.5 Å². The van der Waals surface area contributed by atoms with Gasteiger partial charge < -0.3 is 20.7 Å². The van der Waals surface area contributed by atoms with E-state index in [-0.39, 0.29) is 5.66 Å². The SMILES string of the molecule is CN1CCC(N)(NC2COC2CC2CNC2)CC1. The standard InChI is InChI=1S/C13H26N4O/c1-17-4-2-13(14,3-5-17)16-11-9-18-12(11)6-10-7-15-8-10/h10-12,15-16H,2-9,14H2,1H3. The fourth-order valence-corrected chi connectivity index (χ4v) is 3.07. The summed E-state index contributed by atoms with van der Waals surface area (Å²) >= 11 is 0. The largest absolute Gasteiger partial charge is 0.375 e. The van der Waals surface area contributed by atoms with Crippen molar-refractivity contribution >= 4 is 0 Å². The van der Waals surface area contributed by atoms with Crippen molar-refractivity contribution in [2.75, 3.05) is 39.8 Å². The molecule has 3 aliphatic rings. The summed E-state index contributed by atoms with van der Waals surface area (Å²) in [4.78, 5) is 2.35. The molecule has 3 fully saturated rings. The van der Waals surface area contributed by atoms with Crippen molar-refractivity contribution in [2.24, 2.45) is 11.7 Å². The Morgan fingerprint density at radius 3 is 2.61 bits per heavy atom. The molecule has 5 heteroatoms. The number of nitrogens with two attached hydrogens (primary N) is 1. The maximum absolute atomic E-state index is 6.47. The lowest BCUT2D eigenvalue weighted by Gasteiger charge is -2.47. The molecule has 5 nitrogen and oxygen atoms in total. The Morgan fingerprint density at radius 1 is 1.39 bits per heavy atom. The molecule has 3 aliphatic heterocycles. The van der Waals surface area contributed by atoms with Crippen LogP contribution in [0.4, 0.5) is 0 Å². The van der Waals surface area contributed by atoms with Crippen LogP contribution >= 0.6 is 0 Å². The second kappa shape index (κ2) is 5.06. The molecule has 104 valence electrons. The molecule has 0 aromatic carbocycles. The van der Waals surface area contributed by atoms with Crippen molar-refractivity contribution in [1.82, 2.24) is 15.5 Å². The molecule has 0 saturated carbocycles. The summed E-state index contributed by atoms with van der Waals surface area (Å²) in [5.74, 6) is 0.811. The van der Waals surface area contributed by atoms with E-state index in [1.54, 1.807) is 0 Å². The van der Waals surface area contributed by atoms with E-state index in [9.17, 15) is 0 Å². The number of ether oxygens (including phenoxy) is 1. The molecule has 2 atom stereocenters. The quantitative estimate of drug-likeness (QED) is 0.581. The van der Waals surface area contributed by atoms with Gasteiger partial charge in [-0.2, -0.15) is 0 Å². The van der Waals surface area contributed by atoms with Crippen LogP contribution in [0.3, 0.4) is 0 Å². The lowest BCUT2D eigenvalue weighted by molar-refractivity contribution is -0.112. The Balaban J connectivity index is 1.46. The van der Waals surface area contributed by atoms with Gasteiger partial charge in [0.2, 0.25) is 0 Å². The minimum Gasteiger partial charge on any atom is -0.375 e. The van der Waals surface area contributed by atoms with E-state index in [1.165, 1.54) is 6.42 Å². The first-order valence-corrected chi connectivity index (χ1v) is 7.22. The number of nitrogens with one attached hydrogen (secondary N) is 2. The van der Waals surface area contributed by atoms with Gasteiger partial charge in [-0.25, -0.2) is 0 Å². The van der Waals surface area contributed by atoms with Gasteiger partial charge in [0.15, 0.2) is 0 Å². The van der Waals surface area contributed by atoms with E-state index < -0.39 is 0 Å². The van der Waals surface area contributed by atoms with Crippen LogP contribution in [0.1, 0.15) is 19.3 Å². The molecule has 0 aromatic heterocycles. The molecule has 3 saturated heterocycles. The summed E-state index contributed by atoms with van der Waals surface area (Å²) in [6.45, 7) is 5.33. The van der Waals surface area contributed by atoms with Crippen LogP contribution in [-0.4, -0.2) is 62.5 Å². The third-order valence-corrected chi connectivity index (χ3v) is 4.72. The van der Waals surface area contributed by atoms with Gasteiger partial charge >= 0.3 is 0 Å². The van der Waals surface area contributed by atoms with Crippen molar-refractivity contribution in [2.45, 2.75) is 37.1 Å². The van der Waals surface area contributed by atoms with Crippen LogP contribution in [0.5, 0.6) is 0 Å². The van der Waals surface area contributed by atoms with Crippen LogP contribution in [0.15, 0.2) is 0 Å². The minimum absolute atomic E-state index is 0.170. The number of rotatable bonds is 4. The molecular formula is C13H26N4O. The molecule has 18 heavy (non-hydrogen) atoms. The zero-order valence-corrected chi connectivity index (χ0v) is 11.3. The van der Waals surface area contributed by atoms with E-state index >= 15 is 0 Å². The Bertz CT molecular complexity index is 287. The van der Waals surface area contributed by atoms with E-state index in [2.05, 4.69) is 22.6 Å². The predicted molar refractivity (Wildman–Crippen MR) is 71.3 cm³/mol. The van der Waals surface area contributed by atoms with Crippen LogP contribution < -0.4 is 16.4 Å². The van der Waals surface area contributed by atoms with Crippen molar-refractivity contribution in [3.8, 4) is 0 Å². The van der Waals surface area contributed by atoms with Crippen molar-refractivity contribution in [3.05, 3.63) is 0 Å². The van der Waals surface area contributed by atoms with Crippen molar-refractivity contribution in [1.29, 1.82) is 0 Å². The Hall–Kier alpha value is -0.200. The van der Waals surface area contributed by atoms with Gasteiger partial charge in [-0.3, -0.25) is 5.32 Å². The Kier molecular flexibility index (Phi) is 3.60. The van der Waals surface area contributed by atoms with Crippen LogP contribution in [-0.2, 0) is 4.74 Å². The van der Waals surface area contributed by atoms with Gasteiger partial charge in [0.1, 0.15) is 0 Å². The van der Waals surface area contributed by atoms with Gasteiger partial charge in [-0.1, -0.05) is 0 Å². The van der Waals surface area contributed by atoms with Crippen LogP contribution in [0.2, 0.25) is 0 Å². The minimum atomic E-state index is -0.170.